The number of aliphatic hydroxyl groups is 1. The molecule has 108 valence electrons. The van der Waals surface area contributed by atoms with Crippen LogP contribution in [0.2, 0.25) is 0 Å². The highest BCUT2D eigenvalue weighted by molar-refractivity contribution is 5.19. The summed E-state index contributed by atoms with van der Waals surface area (Å²) in [5, 5.41) is 12.9. The van der Waals surface area contributed by atoms with Gasteiger partial charge in [0.1, 0.15) is 5.82 Å². The third kappa shape index (κ3) is 6.66. The Bertz CT molecular complexity index is 360. The average molecular weight is 269 g/mol. The highest BCUT2D eigenvalue weighted by atomic mass is 19.1. The van der Waals surface area contributed by atoms with Gasteiger partial charge in [-0.15, -0.1) is 0 Å². The Kier molecular flexibility index (Phi) is 7.63. The van der Waals surface area contributed by atoms with Gasteiger partial charge in [-0.25, -0.2) is 4.39 Å². The lowest BCUT2D eigenvalue weighted by molar-refractivity contribution is 0.0348. The molecule has 0 radical (unpaired) electrons. The van der Waals surface area contributed by atoms with Crippen molar-refractivity contribution in [3.8, 4) is 0 Å². The molecule has 0 amide bonds. The van der Waals surface area contributed by atoms with Gasteiger partial charge in [-0.3, -0.25) is 0 Å². The van der Waals surface area contributed by atoms with Crippen LogP contribution in [0.5, 0.6) is 0 Å². The molecule has 0 bridgehead atoms. The zero-order valence-corrected chi connectivity index (χ0v) is 11.7. The molecule has 2 atom stereocenters. The molecule has 1 unspecified atom stereocenters. The van der Waals surface area contributed by atoms with Crippen LogP contribution in [-0.2, 0) is 4.74 Å². The molecular formula is C15H24FNO2. The maximum absolute atomic E-state index is 13.1. The van der Waals surface area contributed by atoms with Gasteiger partial charge in [-0.05, 0) is 31.0 Å². The van der Waals surface area contributed by atoms with Crippen molar-refractivity contribution in [3.63, 3.8) is 0 Å². The summed E-state index contributed by atoms with van der Waals surface area (Å²) in [5.74, 6) is -0.241. The van der Waals surface area contributed by atoms with Gasteiger partial charge in [0.2, 0.25) is 0 Å². The van der Waals surface area contributed by atoms with Crippen LogP contribution in [0.4, 0.5) is 4.39 Å². The van der Waals surface area contributed by atoms with Crippen LogP contribution in [0.15, 0.2) is 24.3 Å². The molecule has 3 nitrogen and oxygen atoms in total. The fourth-order valence-electron chi connectivity index (χ4n) is 1.73. The van der Waals surface area contributed by atoms with Crippen molar-refractivity contribution in [2.24, 2.45) is 0 Å². The summed E-state index contributed by atoms with van der Waals surface area (Å²) in [7, 11) is 0. The molecule has 0 aliphatic rings. The van der Waals surface area contributed by atoms with Crippen molar-refractivity contribution >= 4 is 0 Å². The lowest BCUT2D eigenvalue weighted by atomic mass is 10.1. The maximum atomic E-state index is 13.1. The van der Waals surface area contributed by atoms with E-state index in [9.17, 15) is 9.50 Å². The van der Waals surface area contributed by atoms with Crippen LogP contribution in [0.1, 0.15) is 38.3 Å². The predicted octanol–water partition coefficient (Wildman–Crippen LogP) is 2.65. The van der Waals surface area contributed by atoms with Gasteiger partial charge in [0.05, 0.1) is 12.7 Å². The number of benzene rings is 1. The van der Waals surface area contributed by atoms with E-state index in [4.69, 9.17) is 4.74 Å². The molecule has 0 aromatic heterocycles. The molecule has 0 saturated heterocycles. The van der Waals surface area contributed by atoms with E-state index in [2.05, 4.69) is 12.2 Å². The largest absolute Gasteiger partial charge is 0.389 e. The normalized spacial score (nSPS) is 14.3. The first-order valence-electron chi connectivity index (χ1n) is 6.88. The van der Waals surface area contributed by atoms with Gasteiger partial charge in [0.25, 0.3) is 0 Å². The minimum atomic E-state index is -0.534. The van der Waals surface area contributed by atoms with Crippen molar-refractivity contribution in [1.29, 1.82) is 0 Å². The lowest BCUT2D eigenvalue weighted by Crippen LogP contribution is -2.32. The van der Waals surface area contributed by atoms with Crippen LogP contribution in [0, 0.1) is 5.82 Å². The molecular weight excluding hydrogens is 245 g/mol. The quantitative estimate of drug-likeness (QED) is 0.677. The third-order valence-corrected chi connectivity index (χ3v) is 2.96. The maximum Gasteiger partial charge on any atom is 0.123 e. The Hall–Kier alpha value is -0.970. The van der Waals surface area contributed by atoms with E-state index in [1.165, 1.54) is 12.1 Å². The Balaban J connectivity index is 2.24. The minimum Gasteiger partial charge on any atom is -0.389 e. The summed E-state index contributed by atoms with van der Waals surface area (Å²) in [4.78, 5) is 0. The van der Waals surface area contributed by atoms with Crippen molar-refractivity contribution in [1.82, 2.24) is 5.32 Å². The van der Waals surface area contributed by atoms with Crippen LogP contribution >= 0.6 is 0 Å². The summed E-state index contributed by atoms with van der Waals surface area (Å²) >= 11 is 0. The summed E-state index contributed by atoms with van der Waals surface area (Å²) in [5.41, 5.74) is 0.874. The molecule has 4 heteroatoms. The smallest absolute Gasteiger partial charge is 0.123 e. The van der Waals surface area contributed by atoms with Gasteiger partial charge >= 0.3 is 0 Å². The first-order chi connectivity index (χ1) is 9.13. The van der Waals surface area contributed by atoms with E-state index in [0.717, 1.165) is 18.4 Å². The zero-order valence-electron chi connectivity index (χ0n) is 11.7. The predicted molar refractivity (Wildman–Crippen MR) is 74.6 cm³/mol. The summed E-state index contributed by atoms with van der Waals surface area (Å²) < 4.78 is 18.4. The second-order valence-corrected chi connectivity index (χ2v) is 4.77. The third-order valence-electron chi connectivity index (χ3n) is 2.96. The number of aliphatic hydroxyl groups excluding tert-OH is 1. The van der Waals surface area contributed by atoms with Gasteiger partial charge in [-0.1, -0.05) is 25.5 Å². The van der Waals surface area contributed by atoms with Gasteiger partial charge in [0.15, 0.2) is 0 Å². The second-order valence-electron chi connectivity index (χ2n) is 4.77. The molecule has 0 aliphatic carbocycles. The summed E-state index contributed by atoms with van der Waals surface area (Å²) in [6.07, 6.45) is 1.57. The molecule has 1 aromatic carbocycles. The van der Waals surface area contributed by atoms with Gasteiger partial charge in [0, 0.05) is 19.2 Å². The Morgan fingerprint density at radius 3 is 2.89 bits per heavy atom. The number of rotatable bonds is 9. The van der Waals surface area contributed by atoms with Gasteiger partial charge in [-0.2, -0.15) is 0 Å². The fraction of sp³-hybridized carbons (Fsp3) is 0.600. The van der Waals surface area contributed by atoms with E-state index in [0.29, 0.717) is 19.8 Å². The zero-order chi connectivity index (χ0) is 14.1. The molecule has 0 heterocycles. The van der Waals surface area contributed by atoms with E-state index < -0.39 is 6.10 Å². The van der Waals surface area contributed by atoms with Crippen LogP contribution in [0.25, 0.3) is 0 Å². The highest BCUT2D eigenvalue weighted by Gasteiger charge is 2.09. The van der Waals surface area contributed by atoms with Crippen molar-refractivity contribution in [3.05, 3.63) is 35.6 Å². The van der Waals surface area contributed by atoms with Crippen molar-refractivity contribution < 1.29 is 14.2 Å². The molecule has 0 spiro atoms. The Morgan fingerprint density at radius 2 is 2.21 bits per heavy atom. The highest BCUT2D eigenvalue weighted by Crippen LogP contribution is 2.13. The molecule has 0 fully saturated rings. The number of hydrogen-bond donors (Lipinski definition) is 2. The van der Waals surface area contributed by atoms with Crippen LogP contribution < -0.4 is 5.32 Å². The Labute approximate surface area is 114 Å². The number of halogens is 1. The monoisotopic (exact) mass is 269 g/mol. The topological polar surface area (TPSA) is 41.5 Å². The van der Waals surface area contributed by atoms with Crippen LogP contribution in [-0.4, -0.2) is 31.0 Å². The number of hydrogen-bond acceptors (Lipinski definition) is 3. The standard InChI is InChI=1S/C15H24FNO2/c1-3-4-8-19-11-15(18)10-17-12(2)13-6-5-7-14(16)9-13/h5-7,9,12,15,17-18H,3-4,8,10-11H2,1-2H3/t12-,15?/m0/s1. The van der Waals surface area contributed by atoms with E-state index >= 15 is 0 Å². The molecule has 2 N–H and O–H groups in total. The summed E-state index contributed by atoms with van der Waals surface area (Å²) in [6.45, 7) is 5.50. The first-order valence-corrected chi connectivity index (χ1v) is 6.88. The first kappa shape index (κ1) is 16.1. The fourth-order valence-corrected chi connectivity index (χ4v) is 1.73. The summed E-state index contributed by atoms with van der Waals surface area (Å²) in [6, 6.07) is 6.48. The van der Waals surface area contributed by atoms with Gasteiger partial charge < -0.3 is 15.2 Å². The van der Waals surface area contributed by atoms with Crippen LogP contribution in [0.3, 0.4) is 0 Å². The van der Waals surface area contributed by atoms with E-state index in [-0.39, 0.29) is 11.9 Å². The second kappa shape index (κ2) is 9.02. The molecule has 19 heavy (non-hydrogen) atoms. The van der Waals surface area contributed by atoms with Crippen molar-refractivity contribution in [2.45, 2.75) is 38.8 Å². The van der Waals surface area contributed by atoms with E-state index in [1.54, 1.807) is 6.07 Å². The minimum absolute atomic E-state index is 0.000918. The number of ether oxygens (including phenoxy) is 1. The SMILES string of the molecule is CCCCOCC(O)CN[C@@H](C)c1cccc(F)c1. The molecule has 1 aromatic rings. The molecule has 1 rings (SSSR count). The number of nitrogens with one attached hydrogen (secondary N) is 1. The molecule has 0 saturated carbocycles. The van der Waals surface area contributed by atoms with E-state index in [1.807, 2.05) is 13.0 Å². The molecule has 0 aliphatic heterocycles. The Morgan fingerprint density at radius 1 is 1.42 bits per heavy atom. The number of unbranched alkanes of at least 4 members (excludes halogenated alkanes) is 1. The van der Waals surface area contributed by atoms with Crippen molar-refractivity contribution in [2.75, 3.05) is 19.8 Å². The average Bonchev–Trinajstić information content (AvgIpc) is 2.41. The lowest BCUT2D eigenvalue weighted by Gasteiger charge is -2.17.